The van der Waals surface area contributed by atoms with Gasteiger partial charge in [-0.25, -0.2) is 0 Å². The number of halogens is 1. The van der Waals surface area contributed by atoms with E-state index in [1.54, 1.807) is 6.21 Å². The molecule has 2 rings (SSSR count). The van der Waals surface area contributed by atoms with Gasteiger partial charge >= 0.3 is 0 Å². The van der Waals surface area contributed by atoms with E-state index < -0.39 is 0 Å². The molecule has 0 amide bonds. The number of nitrogens with zero attached hydrogens (tertiary/aromatic N) is 1. The Kier molecular flexibility index (Phi) is 4.37. The maximum Gasteiger partial charge on any atom is 0.272 e. The summed E-state index contributed by atoms with van der Waals surface area (Å²) >= 11 is 3.39. The largest absolute Gasteiger partial charge is 0.394 e. The number of hydrogen-bond donors (Lipinski definition) is 2. The molecule has 1 aromatic carbocycles. The van der Waals surface area contributed by atoms with Crippen LogP contribution in [0.25, 0.3) is 10.9 Å². The number of aromatic nitrogens is 1. The second-order valence-electron chi connectivity index (χ2n) is 4.36. The molecule has 5 heteroatoms. The van der Waals surface area contributed by atoms with Crippen LogP contribution in [0.1, 0.15) is 25.3 Å². The van der Waals surface area contributed by atoms with E-state index in [-0.39, 0.29) is 11.2 Å². The monoisotopic (exact) mass is 321 g/mol. The van der Waals surface area contributed by atoms with E-state index in [9.17, 15) is 4.79 Å². The lowest BCUT2D eigenvalue weighted by Gasteiger charge is -2.06. The molecule has 0 saturated heterocycles. The zero-order chi connectivity index (χ0) is 13.8. The van der Waals surface area contributed by atoms with Crippen molar-refractivity contribution in [3.63, 3.8) is 0 Å². The Morgan fingerprint density at radius 3 is 3.00 bits per heavy atom. The Hall–Kier alpha value is -1.62. The quantitative estimate of drug-likeness (QED) is 0.671. The summed E-state index contributed by atoms with van der Waals surface area (Å²) in [5.74, 6) is 0. The molecule has 4 nitrogen and oxygen atoms in total. The van der Waals surface area contributed by atoms with Crippen LogP contribution < -0.4 is 11.3 Å². The van der Waals surface area contributed by atoms with Gasteiger partial charge < -0.3 is 10.7 Å². The van der Waals surface area contributed by atoms with Gasteiger partial charge in [-0.15, -0.1) is 0 Å². The first-order valence-electron chi connectivity index (χ1n) is 6.24. The van der Waals surface area contributed by atoms with Crippen molar-refractivity contribution in [2.45, 2.75) is 19.8 Å². The van der Waals surface area contributed by atoms with E-state index in [0.717, 1.165) is 34.8 Å². The van der Waals surface area contributed by atoms with Crippen molar-refractivity contribution in [2.75, 3.05) is 12.3 Å². The van der Waals surface area contributed by atoms with Crippen LogP contribution in [-0.2, 0) is 0 Å². The van der Waals surface area contributed by atoms with Crippen molar-refractivity contribution in [1.82, 2.24) is 4.98 Å². The van der Waals surface area contributed by atoms with Gasteiger partial charge in [-0.2, -0.15) is 0 Å². The summed E-state index contributed by atoms with van der Waals surface area (Å²) in [5.41, 5.74) is 7.25. The van der Waals surface area contributed by atoms with E-state index in [1.807, 2.05) is 18.2 Å². The minimum Gasteiger partial charge on any atom is -0.394 e. The number of aliphatic imine (C=N–C) groups is 1. The van der Waals surface area contributed by atoms with Crippen LogP contribution in [0.2, 0.25) is 0 Å². The second kappa shape index (κ2) is 6.02. The van der Waals surface area contributed by atoms with Gasteiger partial charge in [0.15, 0.2) is 0 Å². The summed E-state index contributed by atoms with van der Waals surface area (Å²) in [4.78, 5) is 18.9. The molecular formula is C14H16BrN3O. The third kappa shape index (κ3) is 3.04. The van der Waals surface area contributed by atoms with Crippen LogP contribution >= 0.6 is 15.9 Å². The number of nitrogens with one attached hydrogen (secondary N) is 1. The van der Waals surface area contributed by atoms with E-state index in [1.165, 1.54) is 0 Å². The van der Waals surface area contributed by atoms with Gasteiger partial charge in [0.05, 0.1) is 5.52 Å². The van der Waals surface area contributed by atoms with E-state index in [4.69, 9.17) is 5.73 Å². The molecule has 0 aliphatic carbocycles. The predicted molar refractivity (Wildman–Crippen MR) is 84.1 cm³/mol. The number of anilines is 1. The summed E-state index contributed by atoms with van der Waals surface area (Å²) in [7, 11) is 0. The number of unbranched alkanes of at least 4 members (excludes halogenated alkanes) is 1. The highest BCUT2D eigenvalue weighted by Crippen LogP contribution is 2.21. The molecule has 0 aliphatic rings. The lowest BCUT2D eigenvalue weighted by atomic mass is 10.1. The zero-order valence-electron chi connectivity index (χ0n) is 10.7. The molecule has 3 N–H and O–H groups in total. The van der Waals surface area contributed by atoms with E-state index >= 15 is 0 Å². The van der Waals surface area contributed by atoms with Crippen LogP contribution in [0.15, 0.2) is 32.5 Å². The van der Waals surface area contributed by atoms with Gasteiger partial charge in [-0.3, -0.25) is 9.79 Å². The number of nitrogen functional groups attached to an aromatic ring is 1. The molecule has 0 unspecified atom stereocenters. The third-order valence-corrected chi connectivity index (χ3v) is 3.41. The number of pyridine rings is 1. The second-order valence-corrected chi connectivity index (χ2v) is 5.28. The van der Waals surface area contributed by atoms with Crippen molar-refractivity contribution in [1.29, 1.82) is 0 Å². The molecule has 0 spiro atoms. The molecule has 0 saturated carbocycles. The fourth-order valence-electron chi connectivity index (χ4n) is 1.86. The summed E-state index contributed by atoms with van der Waals surface area (Å²) in [6.45, 7) is 2.87. The number of hydrogen-bond acceptors (Lipinski definition) is 3. The summed E-state index contributed by atoms with van der Waals surface area (Å²) < 4.78 is 0.911. The van der Waals surface area contributed by atoms with Crippen LogP contribution in [0, 0.1) is 0 Å². The third-order valence-electron chi connectivity index (χ3n) is 2.92. The Morgan fingerprint density at radius 2 is 2.26 bits per heavy atom. The number of fused-ring (bicyclic) bond motifs is 1. The van der Waals surface area contributed by atoms with Crippen molar-refractivity contribution in [2.24, 2.45) is 4.99 Å². The van der Waals surface area contributed by atoms with Gasteiger partial charge in [-0.1, -0.05) is 35.3 Å². The normalized spacial score (nSPS) is 11.5. The fraction of sp³-hybridized carbons (Fsp3) is 0.286. The maximum absolute atomic E-state index is 11.8. The molecule has 0 atom stereocenters. The number of rotatable bonds is 4. The van der Waals surface area contributed by atoms with Crippen molar-refractivity contribution >= 4 is 38.7 Å². The molecular weight excluding hydrogens is 306 g/mol. The molecule has 1 aromatic heterocycles. The van der Waals surface area contributed by atoms with Crippen molar-refractivity contribution in [3.05, 3.63) is 38.6 Å². The van der Waals surface area contributed by atoms with Gasteiger partial charge in [0.1, 0.15) is 5.69 Å². The summed E-state index contributed by atoms with van der Waals surface area (Å²) in [6.07, 6.45) is 3.83. The van der Waals surface area contributed by atoms with Crippen molar-refractivity contribution < 1.29 is 0 Å². The minimum atomic E-state index is -0.275. The molecule has 0 bridgehead atoms. The molecule has 19 heavy (non-hydrogen) atoms. The van der Waals surface area contributed by atoms with Crippen LogP contribution in [0.5, 0.6) is 0 Å². The maximum atomic E-state index is 11.8. The summed E-state index contributed by atoms with van der Waals surface area (Å²) in [6, 6.07) is 5.70. The highest BCUT2D eigenvalue weighted by atomic mass is 79.9. The number of aromatic amines is 1. The molecule has 0 radical (unpaired) electrons. The number of benzene rings is 1. The Bertz CT molecular complexity index is 676. The molecule has 2 aromatic rings. The highest BCUT2D eigenvalue weighted by Gasteiger charge is 2.08. The lowest BCUT2D eigenvalue weighted by molar-refractivity contribution is 0.810. The highest BCUT2D eigenvalue weighted by molar-refractivity contribution is 9.10. The van der Waals surface area contributed by atoms with E-state index in [2.05, 4.69) is 32.8 Å². The molecule has 100 valence electrons. The fourth-order valence-corrected chi connectivity index (χ4v) is 2.22. The van der Waals surface area contributed by atoms with Gasteiger partial charge in [0, 0.05) is 28.2 Å². The Balaban J connectivity index is 2.54. The molecule has 1 heterocycles. The molecule has 0 aliphatic heterocycles. The zero-order valence-corrected chi connectivity index (χ0v) is 12.3. The summed E-state index contributed by atoms with van der Waals surface area (Å²) in [5, 5.41) is 0.903. The number of H-pyrrole nitrogens is 1. The SMILES string of the molecule is CCCCN=Cc1c(N)c(=O)[nH]c2cc(Br)ccc12. The average Bonchev–Trinajstić information content (AvgIpc) is 2.38. The average molecular weight is 322 g/mol. The first-order valence-corrected chi connectivity index (χ1v) is 7.03. The standard InChI is InChI=1S/C14H16BrN3O/c1-2-3-6-17-8-11-10-5-4-9(15)7-12(10)18-14(19)13(11)16/h4-5,7-8H,2-3,6,16H2,1H3,(H,18,19). The Labute approximate surface area is 119 Å². The van der Waals surface area contributed by atoms with Crippen LogP contribution in [0.3, 0.4) is 0 Å². The van der Waals surface area contributed by atoms with Crippen LogP contribution in [0.4, 0.5) is 5.69 Å². The molecule has 0 fully saturated rings. The first kappa shape index (κ1) is 13.8. The van der Waals surface area contributed by atoms with Gasteiger partial charge in [0.2, 0.25) is 0 Å². The van der Waals surface area contributed by atoms with Gasteiger partial charge in [0.25, 0.3) is 5.56 Å². The van der Waals surface area contributed by atoms with Crippen LogP contribution in [-0.4, -0.2) is 17.7 Å². The predicted octanol–water partition coefficient (Wildman–Crippen LogP) is 3.09. The minimum absolute atomic E-state index is 0.218. The van der Waals surface area contributed by atoms with E-state index in [0.29, 0.717) is 5.56 Å². The smallest absolute Gasteiger partial charge is 0.272 e. The first-order chi connectivity index (χ1) is 9.13. The topological polar surface area (TPSA) is 71.2 Å². The van der Waals surface area contributed by atoms with Gasteiger partial charge in [-0.05, 0) is 18.6 Å². The van der Waals surface area contributed by atoms with Crippen molar-refractivity contribution in [3.8, 4) is 0 Å². The number of nitrogens with two attached hydrogens (primary N) is 1. The lowest BCUT2D eigenvalue weighted by Crippen LogP contribution is -2.15. The Morgan fingerprint density at radius 1 is 1.47 bits per heavy atom.